The van der Waals surface area contributed by atoms with E-state index in [1.807, 2.05) is 24.4 Å². The maximum atomic E-state index is 12.2. The lowest BCUT2D eigenvalue weighted by Crippen LogP contribution is -2.42. The molecule has 0 spiro atoms. The molecule has 2 fully saturated rings. The van der Waals surface area contributed by atoms with E-state index in [1.165, 1.54) is 29.0 Å². The second kappa shape index (κ2) is 9.52. The zero-order chi connectivity index (χ0) is 22.7. The molecule has 2 aliphatic rings. The largest absolute Gasteiger partial charge is 0.368 e. The molecule has 172 valence electrons. The van der Waals surface area contributed by atoms with E-state index in [4.69, 9.17) is 0 Å². The molecule has 33 heavy (non-hydrogen) atoms. The molecule has 4 heterocycles. The van der Waals surface area contributed by atoms with Crippen LogP contribution in [0.25, 0.3) is 10.7 Å². The van der Waals surface area contributed by atoms with Crippen LogP contribution in [0.15, 0.2) is 36.7 Å². The lowest BCUT2D eigenvalue weighted by molar-refractivity contribution is -0.122. The van der Waals surface area contributed by atoms with Gasteiger partial charge in [0.05, 0.1) is 18.3 Å². The molecule has 3 aromatic rings. The van der Waals surface area contributed by atoms with Crippen molar-refractivity contribution < 1.29 is 4.79 Å². The van der Waals surface area contributed by atoms with Crippen molar-refractivity contribution in [3.8, 4) is 10.7 Å². The van der Waals surface area contributed by atoms with Gasteiger partial charge in [0.1, 0.15) is 16.5 Å². The molecule has 0 unspecified atom stereocenters. The number of nitrogens with one attached hydrogen (secondary N) is 3. The van der Waals surface area contributed by atoms with Crippen LogP contribution in [0.5, 0.6) is 0 Å². The van der Waals surface area contributed by atoms with Crippen molar-refractivity contribution in [2.45, 2.75) is 57.0 Å². The maximum absolute atomic E-state index is 12.2. The quantitative estimate of drug-likeness (QED) is 0.471. The third-order valence-corrected chi connectivity index (χ3v) is 7.70. The van der Waals surface area contributed by atoms with Crippen LogP contribution >= 0.6 is 11.3 Å². The molecule has 0 aromatic carbocycles. The number of rotatable bonds is 8. The van der Waals surface area contributed by atoms with Gasteiger partial charge in [0.25, 0.3) is 0 Å². The van der Waals surface area contributed by atoms with Crippen molar-refractivity contribution in [3.63, 3.8) is 0 Å². The van der Waals surface area contributed by atoms with Gasteiger partial charge in [0.15, 0.2) is 0 Å². The van der Waals surface area contributed by atoms with Crippen LogP contribution in [0.1, 0.15) is 48.2 Å². The summed E-state index contributed by atoms with van der Waals surface area (Å²) in [6.07, 6.45) is 9.14. The summed E-state index contributed by atoms with van der Waals surface area (Å²) >= 11 is 1.53. The second-order valence-corrected chi connectivity index (χ2v) is 10.1. The number of aryl methyl sites for hydroxylation is 1. The van der Waals surface area contributed by atoms with E-state index >= 15 is 0 Å². The minimum Gasteiger partial charge on any atom is -0.368 e. The number of aromatic nitrogens is 4. The standard InChI is InChI=1S/C24H29N7OS/c1-16-5-2-12-26-21(16)24(9-4-10-24)15-29-20-8-7-19(30-31-20)23-28-14-17(33-23)13-27-22(32)18-6-3-11-25-18/h2,5,7-8,12,14,18,25H,3-4,6,9-11,13,15H2,1H3,(H,27,32)(H,29,31)/t18-/m0/s1. The smallest absolute Gasteiger partial charge is 0.237 e. The van der Waals surface area contributed by atoms with E-state index in [9.17, 15) is 4.79 Å². The van der Waals surface area contributed by atoms with Gasteiger partial charge >= 0.3 is 0 Å². The SMILES string of the molecule is Cc1cccnc1C1(CNc2ccc(-c3ncc(CNC(=O)[C@@H]4CCCN4)s3)nn2)CCC1. The summed E-state index contributed by atoms with van der Waals surface area (Å²) in [7, 11) is 0. The monoisotopic (exact) mass is 463 g/mol. The molecule has 3 aromatic heterocycles. The van der Waals surface area contributed by atoms with Crippen LogP contribution in [-0.4, -0.2) is 45.2 Å². The van der Waals surface area contributed by atoms with Gasteiger partial charge in [-0.2, -0.15) is 0 Å². The highest BCUT2D eigenvalue weighted by molar-refractivity contribution is 7.15. The summed E-state index contributed by atoms with van der Waals surface area (Å²) in [5.41, 5.74) is 3.25. The van der Waals surface area contributed by atoms with Gasteiger partial charge in [-0.15, -0.1) is 21.5 Å². The molecule has 1 saturated heterocycles. The molecule has 1 aliphatic heterocycles. The highest BCUT2D eigenvalue weighted by atomic mass is 32.1. The van der Waals surface area contributed by atoms with Crippen LogP contribution < -0.4 is 16.0 Å². The van der Waals surface area contributed by atoms with Gasteiger partial charge in [-0.25, -0.2) is 4.98 Å². The highest BCUT2D eigenvalue weighted by Crippen LogP contribution is 2.44. The Labute approximate surface area is 197 Å². The van der Waals surface area contributed by atoms with E-state index in [-0.39, 0.29) is 17.4 Å². The Bertz CT molecular complexity index is 1100. The first-order valence-corrected chi connectivity index (χ1v) is 12.4. The van der Waals surface area contributed by atoms with Gasteiger partial charge in [0.2, 0.25) is 5.91 Å². The van der Waals surface area contributed by atoms with Crippen molar-refractivity contribution >= 4 is 23.1 Å². The molecular formula is C24H29N7OS. The Morgan fingerprint density at radius 1 is 1.21 bits per heavy atom. The fraction of sp³-hybridized carbons (Fsp3) is 0.458. The average Bonchev–Trinajstić information content (AvgIpc) is 3.51. The number of nitrogens with zero attached hydrogens (tertiary/aromatic N) is 4. The molecule has 1 saturated carbocycles. The lowest BCUT2D eigenvalue weighted by Gasteiger charge is -2.42. The summed E-state index contributed by atoms with van der Waals surface area (Å²) in [5, 5.41) is 19.2. The Hall–Kier alpha value is -2.91. The lowest BCUT2D eigenvalue weighted by atomic mass is 9.65. The maximum Gasteiger partial charge on any atom is 0.237 e. The van der Waals surface area contributed by atoms with E-state index < -0.39 is 0 Å². The van der Waals surface area contributed by atoms with Gasteiger partial charge in [0, 0.05) is 29.2 Å². The summed E-state index contributed by atoms with van der Waals surface area (Å²) in [6, 6.07) is 7.96. The van der Waals surface area contributed by atoms with Gasteiger partial charge in [-0.05, 0) is 62.9 Å². The van der Waals surface area contributed by atoms with E-state index in [0.29, 0.717) is 6.54 Å². The number of pyridine rings is 1. The molecule has 5 rings (SSSR count). The van der Waals surface area contributed by atoms with Crippen LogP contribution in [0.4, 0.5) is 5.82 Å². The second-order valence-electron chi connectivity index (χ2n) is 8.96. The number of thiazole rings is 1. The Morgan fingerprint density at radius 2 is 2.12 bits per heavy atom. The number of hydrogen-bond acceptors (Lipinski definition) is 8. The zero-order valence-corrected chi connectivity index (χ0v) is 19.6. The van der Waals surface area contributed by atoms with Crippen LogP contribution in [0, 0.1) is 6.92 Å². The van der Waals surface area contributed by atoms with E-state index in [0.717, 1.165) is 60.2 Å². The Balaban J connectivity index is 1.18. The van der Waals surface area contributed by atoms with Gasteiger partial charge in [-0.1, -0.05) is 12.5 Å². The average molecular weight is 464 g/mol. The molecule has 8 nitrogen and oxygen atoms in total. The summed E-state index contributed by atoms with van der Waals surface area (Å²) in [6.45, 7) is 4.33. The van der Waals surface area contributed by atoms with Crippen molar-refractivity contribution in [1.82, 2.24) is 30.8 Å². The number of anilines is 1. The molecule has 0 radical (unpaired) electrons. The van der Waals surface area contributed by atoms with Crippen molar-refractivity contribution in [1.29, 1.82) is 0 Å². The fourth-order valence-corrected chi connectivity index (χ4v) is 5.47. The number of carbonyl (C=O) groups is 1. The topological polar surface area (TPSA) is 105 Å². The summed E-state index contributed by atoms with van der Waals surface area (Å²) < 4.78 is 0. The zero-order valence-electron chi connectivity index (χ0n) is 18.8. The third-order valence-electron chi connectivity index (χ3n) is 6.68. The van der Waals surface area contributed by atoms with Crippen molar-refractivity contribution in [2.75, 3.05) is 18.4 Å². The van der Waals surface area contributed by atoms with E-state index in [1.54, 1.807) is 6.20 Å². The number of hydrogen-bond donors (Lipinski definition) is 3. The molecule has 0 bridgehead atoms. The van der Waals surface area contributed by atoms with Crippen molar-refractivity contribution in [3.05, 3.63) is 52.8 Å². The van der Waals surface area contributed by atoms with Gasteiger partial charge < -0.3 is 16.0 Å². The van der Waals surface area contributed by atoms with Crippen LogP contribution in [0.3, 0.4) is 0 Å². The molecule has 9 heteroatoms. The van der Waals surface area contributed by atoms with E-state index in [2.05, 4.69) is 49.1 Å². The van der Waals surface area contributed by atoms with Crippen molar-refractivity contribution in [2.24, 2.45) is 0 Å². The predicted molar refractivity (Wildman–Crippen MR) is 129 cm³/mol. The molecule has 1 atom stereocenters. The minimum atomic E-state index is -0.0658. The Morgan fingerprint density at radius 3 is 2.82 bits per heavy atom. The van der Waals surface area contributed by atoms with Crippen LogP contribution in [0.2, 0.25) is 0 Å². The van der Waals surface area contributed by atoms with Gasteiger partial charge in [-0.3, -0.25) is 9.78 Å². The minimum absolute atomic E-state index is 0.0581. The first kappa shape index (κ1) is 21.9. The summed E-state index contributed by atoms with van der Waals surface area (Å²) in [4.78, 5) is 22.3. The Kier molecular flexibility index (Phi) is 6.32. The summed E-state index contributed by atoms with van der Waals surface area (Å²) in [5.74, 6) is 0.814. The van der Waals surface area contributed by atoms with Crippen LogP contribution in [-0.2, 0) is 16.8 Å². The first-order chi connectivity index (χ1) is 16.1. The predicted octanol–water partition coefficient (Wildman–Crippen LogP) is 3.21. The molecule has 1 amide bonds. The number of amides is 1. The third kappa shape index (κ3) is 4.74. The first-order valence-electron chi connectivity index (χ1n) is 11.6. The molecule has 3 N–H and O–H groups in total. The highest BCUT2D eigenvalue weighted by Gasteiger charge is 2.40. The molecule has 1 aliphatic carbocycles. The fourth-order valence-electron chi connectivity index (χ4n) is 4.66. The number of carbonyl (C=O) groups excluding carboxylic acids is 1. The molecular weight excluding hydrogens is 434 g/mol. The normalized spacial score (nSPS) is 19.1.